The van der Waals surface area contributed by atoms with Crippen molar-refractivity contribution in [1.82, 2.24) is 0 Å². The molecule has 2 aromatic rings. The molecule has 0 unspecified atom stereocenters. The van der Waals surface area contributed by atoms with E-state index in [9.17, 15) is 4.79 Å². The summed E-state index contributed by atoms with van der Waals surface area (Å²) in [5.74, 6) is -0.386. The van der Waals surface area contributed by atoms with Crippen LogP contribution in [0.1, 0.15) is 22.8 Å². The fourth-order valence-electron chi connectivity index (χ4n) is 1.94. The minimum atomic E-state index is -0.386. The van der Waals surface area contributed by atoms with Crippen LogP contribution in [0.2, 0.25) is 5.02 Å². The van der Waals surface area contributed by atoms with E-state index in [-0.39, 0.29) is 5.97 Å². The highest BCUT2D eigenvalue weighted by Gasteiger charge is 2.14. The van der Waals surface area contributed by atoms with Gasteiger partial charge in [0.05, 0.1) is 23.5 Å². The molecule has 4 nitrogen and oxygen atoms in total. The fraction of sp³-hybridized carbons (Fsp3) is 0.188. The largest absolute Gasteiger partial charge is 0.462 e. The van der Waals surface area contributed by atoms with Crippen LogP contribution in [0.3, 0.4) is 0 Å². The van der Waals surface area contributed by atoms with Crippen molar-refractivity contribution >= 4 is 28.9 Å². The maximum Gasteiger partial charge on any atom is 0.340 e. The Morgan fingerprint density at radius 3 is 2.62 bits per heavy atom. The van der Waals surface area contributed by atoms with Gasteiger partial charge in [-0.3, -0.25) is 0 Å². The van der Waals surface area contributed by atoms with Crippen LogP contribution >= 0.6 is 11.6 Å². The number of anilines is 2. The van der Waals surface area contributed by atoms with Crippen LogP contribution in [-0.4, -0.2) is 12.6 Å². The Morgan fingerprint density at radius 2 is 1.95 bits per heavy atom. The number of carbonyl (C=O) groups is 1. The van der Waals surface area contributed by atoms with E-state index < -0.39 is 0 Å². The van der Waals surface area contributed by atoms with E-state index in [0.717, 1.165) is 5.56 Å². The number of rotatable bonds is 5. The van der Waals surface area contributed by atoms with Gasteiger partial charge in [0.2, 0.25) is 0 Å². The summed E-state index contributed by atoms with van der Waals surface area (Å²) in [5.41, 5.74) is 8.53. The topological polar surface area (TPSA) is 64.3 Å². The summed E-state index contributed by atoms with van der Waals surface area (Å²) in [7, 11) is 0. The molecule has 0 saturated carbocycles. The first-order valence-corrected chi connectivity index (χ1v) is 7.03. The van der Waals surface area contributed by atoms with E-state index in [2.05, 4.69) is 5.32 Å². The smallest absolute Gasteiger partial charge is 0.340 e. The summed E-state index contributed by atoms with van der Waals surface area (Å²) in [5, 5.41) is 3.87. The molecule has 21 heavy (non-hydrogen) atoms. The van der Waals surface area contributed by atoms with Gasteiger partial charge in [0.25, 0.3) is 0 Å². The van der Waals surface area contributed by atoms with Crippen molar-refractivity contribution in [3.05, 3.63) is 58.6 Å². The lowest BCUT2D eigenvalue weighted by Crippen LogP contribution is -2.11. The predicted molar refractivity (Wildman–Crippen MR) is 85.6 cm³/mol. The molecule has 0 fully saturated rings. The van der Waals surface area contributed by atoms with E-state index in [1.165, 1.54) is 0 Å². The number of halogens is 1. The molecule has 0 aliphatic heterocycles. The number of para-hydroxylation sites is 1. The molecule has 0 saturated heterocycles. The summed E-state index contributed by atoms with van der Waals surface area (Å²) in [6.45, 7) is 2.63. The fourth-order valence-corrected chi connectivity index (χ4v) is 2.07. The van der Waals surface area contributed by atoms with Crippen LogP contribution in [0, 0.1) is 0 Å². The Bertz CT molecular complexity index is 627. The third-order valence-electron chi connectivity index (χ3n) is 2.97. The molecular weight excluding hydrogens is 288 g/mol. The van der Waals surface area contributed by atoms with Crippen molar-refractivity contribution in [3.8, 4) is 0 Å². The molecule has 0 radical (unpaired) electrons. The second-order valence-electron chi connectivity index (χ2n) is 4.47. The molecule has 5 heteroatoms. The number of nitrogens with one attached hydrogen (secondary N) is 1. The SMILES string of the molecule is CCOC(=O)c1cccc(N)c1NCc1ccc(Cl)cc1. The van der Waals surface area contributed by atoms with Crippen LogP contribution in [0.5, 0.6) is 0 Å². The molecule has 0 aliphatic carbocycles. The third-order valence-corrected chi connectivity index (χ3v) is 3.23. The van der Waals surface area contributed by atoms with Crippen molar-refractivity contribution in [2.24, 2.45) is 0 Å². The highest BCUT2D eigenvalue weighted by Crippen LogP contribution is 2.25. The van der Waals surface area contributed by atoms with Crippen molar-refractivity contribution < 1.29 is 9.53 Å². The summed E-state index contributed by atoms with van der Waals surface area (Å²) in [6, 6.07) is 12.6. The van der Waals surface area contributed by atoms with Crippen LogP contribution in [0.15, 0.2) is 42.5 Å². The molecule has 3 N–H and O–H groups in total. The molecule has 0 aliphatic rings. The van der Waals surface area contributed by atoms with Gasteiger partial charge in [0, 0.05) is 11.6 Å². The van der Waals surface area contributed by atoms with Gasteiger partial charge in [-0.25, -0.2) is 4.79 Å². The molecular formula is C16H17ClN2O2. The molecule has 0 amide bonds. The van der Waals surface area contributed by atoms with Gasteiger partial charge in [-0.1, -0.05) is 29.8 Å². The number of benzene rings is 2. The number of nitrogen functional groups attached to an aromatic ring is 1. The average molecular weight is 305 g/mol. The predicted octanol–water partition coefficient (Wildman–Crippen LogP) is 3.71. The van der Waals surface area contributed by atoms with Crippen molar-refractivity contribution in [3.63, 3.8) is 0 Å². The summed E-state index contributed by atoms with van der Waals surface area (Å²) >= 11 is 5.85. The highest BCUT2D eigenvalue weighted by atomic mass is 35.5. The van der Waals surface area contributed by atoms with Crippen molar-refractivity contribution in [1.29, 1.82) is 0 Å². The Kier molecular flexibility index (Phi) is 5.06. The molecule has 2 aromatic carbocycles. The Labute approximate surface area is 128 Å². The number of ether oxygens (including phenoxy) is 1. The van der Waals surface area contributed by atoms with Gasteiger partial charge in [-0.15, -0.1) is 0 Å². The Hall–Kier alpha value is -2.20. The first-order chi connectivity index (χ1) is 10.1. The first kappa shape index (κ1) is 15.2. The number of hydrogen-bond donors (Lipinski definition) is 2. The molecule has 0 heterocycles. The Balaban J connectivity index is 2.18. The summed E-state index contributed by atoms with van der Waals surface area (Å²) < 4.78 is 5.04. The van der Waals surface area contributed by atoms with Crippen LogP contribution in [-0.2, 0) is 11.3 Å². The number of hydrogen-bond acceptors (Lipinski definition) is 4. The normalized spacial score (nSPS) is 10.2. The number of esters is 1. The van der Waals surface area contributed by atoms with Gasteiger partial charge in [0.1, 0.15) is 0 Å². The minimum absolute atomic E-state index is 0.324. The molecule has 0 spiro atoms. The minimum Gasteiger partial charge on any atom is -0.462 e. The highest BCUT2D eigenvalue weighted by molar-refractivity contribution is 6.30. The van der Waals surface area contributed by atoms with E-state index in [1.54, 1.807) is 25.1 Å². The van der Waals surface area contributed by atoms with Crippen LogP contribution in [0.25, 0.3) is 0 Å². The molecule has 0 atom stereocenters. The standard InChI is InChI=1S/C16H17ClN2O2/c1-2-21-16(20)13-4-3-5-14(18)15(13)19-10-11-6-8-12(17)9-7-11/h3-9,19H,2,10,18H2,1H3. The van der Waals surface area contributed by atoms with Gasteiger partial charge in [0.15, 0.2) is 0 Å². The Morgan fingerprint density at radius 1 is 1.24 bits per heavy atom. The zero-order valence-electron chi connectivity index (χ0n) is 11.7. The average Bonchev–Trinajstić information content (AvgIpc) is 2.47. The number of carbonyl (C=O) groups excluding carboxylic acids is 1. The molecule has 110 valence electrons. The van der Waals surface area contributed by atoms with Crippen LogP contribution < -0.4 is 11.1 Å². The van der Waals surface area contributed by atoms with Gasteiger partial charge in [-0.05, 0) is 36.8 Å². The van der Waals surface area contributed by atoms with Crippen LogP contribution in [0.4, 0.5) is 11.4 Å². The first-order valence-electron chi connectivity index (χ1n) is 6.65. The van der Waals surface area contributed by atoms with E-state index >= 15 is 0 Å². The lowest BCUT2D eigenvalue weighted by molar-refractivity contribution is 0.0527. The van der Waals surface area contributed by atoms with Crippen molar-refractivity contribution in [2.45, 2.75) is 13.5 Å². The van der Waals surface area contributed by atoms with Gasteiger partial charge < -0.3 is 15.8 Å². The maximum atomic E-state index is 11.9. The van der Waals surface area contributed by atoms with Gasteiger partial charge >= 0.3 is 5.97 Å². The van der Waals surface area contributed by atoms with E-state index in [1.807, 2.05) is 24.3 Å². The van der Waals surface area contributed by atoms with E-state index in [0.29, 0.717) is 35.1 Å². The second-order valence-corrected chi connectivity index (χ2v) is 4.91. The van der Waals surface area contributed by atoms with Crippen molar-refractivity contribution in [2.75, 3.05) is 17.7 Å². The molecule has 2 rings (SSSR count). The quantitative estimate of drug-likeness (QED) is 0.653. The zero-order chi connectivity index (χ0) is 15.2. The zero-order valence-corrected chi connectivity index (χ0v) is 12.5. The second kappa shape index (κ2) is 6.99. The van der Waals surface area contributed by atoms with Gasteiger partial charge in [-0.2, -0.15) is 0 Å². The molecule has 0 aromatic heterocycles. The lowest BCUT2D eigenvalue weighted by atomic mass is 10.1. The lowest BCUT2D eigenvalue weighted by Gasteiger charge is -2.14. The summed E-state index contributed by atoms with van der Waals surface area (Å²) in [6.07, 6.45) is 0. The summed E-state index contributed by atoms with van der Waals surface area (Å²) in [4.78, 5) is 11.9. The third kappa shape index (κ3) is 3.89. The maximum absolute atomic E-state index is 11.9. The van der Waals surface area contributed by atoms with E-state index in [4.69, 9.17) is 22.1 Å². The number of nitrogens with two attached hydrogens (primary N) is 1. The molecule has 0 bridgehead atoms. The monoisotopic (exact) mass is 304 g/mol.